The van der Waals surface area contributed by atoms with E-state index < -0.39 is 0 Å². The highest BCUT2D eigenvalue weighted by Crippen LogP contribution is 2.30. The van der Waals surface area contributed by atoms with Crippen molar-refractivity contribution in [3.05, 3.63) is 46.0 Å². The quantitative estimate of drug-likeness (QED) is 0.787. The lowest BCUT2D eigenvalue weighted by Gasteiger charge is -2.31. The summed E-state index contributed by atoms with van der Waals surface area (Å²) in [6.45, 7) is 9.89. The summed E-state index contributed by atoms with van der Waals surface area (Å²) < 4.78 is 0. The molecule has 4 heterocycles. The molecule has 0 amide bonds. The van der Waals surface area contributed by atoms with Gasteiger partial charge in [0.1, 0.15) is 5.82 Å². The van der Waals surface area contributed by atoms with Gasteiger partial charge < -0.3 is 15.5 Å². The standard InChI is InChI=1S/C23H31N7/c1-15-17(3)27-23(29-8-5-6-9-29)28-22(15)30-10-7-21-19(14-30)11-18(12-26-21)20(13-25-4)16(2)24/h11-13H,5-10,14,24H2,1-4H3/b20-16+,25-13?. The van der Waals surface area contributed by atoms with Crippen molar-refractivity contribution in [1.82, 2.24) is 15.0 Å². The molecule has 7 heteroatoms. The second kappa shape index (κ2) is 8.42. The predicted molar refractivity (Wildman–Crippen MR) is 123 cm³/mol. The highest BCUT2D eigenvalue weighted by molar-refractivity contribution is 6.10. The first-order chi connectivity index (χ1) is 14.5. The van der Waals surface area contributed by atoms with Crippen LogP contribution in [0.3, 0.4) is 0 Å². The van der Waals surface area contributed by atoms with Gasteiger partial charge in [0.05, 0.1) is 0 Å². The summed E-state index contributed by atoms with van der Waals surface area (Å²) in [4.78, 5) is 23.3. The molecular formula is C23H31N7. The van der Waals surface area contributed by atoms with E-state index in [0.29, 0.717) is 0 Å². The van der Waals surface area contributed by atoms with E-state index in [1.165, 1.54) is 18.4 Å². The summed E-state index contributed by atoms with van der Waals surface area (Å²) in [7, 11) is 1.76. The lowest BCUT2D eigenvalue weighted by Crippen LogP contribution is -2.33. The molecule has 1 saturated heterocycles. The van der Waals surface area contributed by atoms with Crippen molar-refractivity contribution in [2.75, 3.05) is 36.5 Å². The molecule has 0 saturated carbocycles. The first-order valence-electron chi connectivity index (χ1n) is 10.7. The molecule has 0 aliphatic carbocycles. The molecule has 7 nitrogen and oxygen atoms in total. The molecule has 1 fully saturated rings. The molecule has 2 aromatic rings. The van der Waals surface area contributed by atoms with Crippen LogP contribution in [0, 0.1) is 13.8 Å². The van der Waals surface area contributed by atoms with Crippen LogP contribution in [-0.2, 0) is 13.0 Å². The lowest BCUT2D eigenvalue weighted by molar-refractivity contribution is 0.695. The summed E-state index contributed by atoms with van der Waals surface area (Å²) >= 11 is 0. The molecule has 0 unspecified atom stereocenters. The Bertz CT molecular complexity index is 999. The number of nitrogens with two attached hydrogens (primary N) is 1. The number of aromatic nitrogens is 3. The first kappa shape index (κ1) is 20.3. The zero-order valence-corrected chi connectivity index (χ0v) is 18.4. The summed E-state index contributed by atoms with van der Waals surface area (Å²) in [5.41, 5.74) is 13.4. The van der Waals surface area contributed by atoms with Crippen molar-refractivity contribution in [3.63, 3.8) is 0 Å². The van der Waals surface area contributed by atoms with Gasteiger partial charge >= 0.3 is 0 Å². The number of pyridine rings is 1. The summed E-state index contributed by atoms with van der Waals surface area (Å²) in [5.74, 6) is 1.91. The van der Waals surface area contributed by atoms with Gasteiger partial charge in [-0.25, -0.2) is 4.98 Å². The molecule has 2 aliphatic rings. The van der Waals surface area contributed by atoms with Crippen LogP contribution in [0.4, 0.5) is 11.8 Å². The smallest absolute Gasteiger partial charge is 0.227 e. The van der Waals surface area contributed by atoms with Gasteiger partial charge in [0.25, 0.3) is 0 Å². The second-order valence-electron chi connectivity index (χ2n) is 8.24. The third-order valence-corrected chi connectivity index (χ3v) is 6.07. The minimum atomic E-state index is 0.743. The van der Waals surface area contributed by atoms with Crippen LogP contribution in [0.15, 0.2) is 23.0 Å². The van der Waals surface area contributed by atoms with Crippen LogP contribution in [-0.4, -0.2) is 47.8 Å². The van der Waals surface area contributed by atoms with E-state index in [1.807, 2.05) is 13.1 Å². The van der Waals surface area contributed by atoms with Gasteiger partial charge in [-0.15, -0.1) is 0 Å². The van der Waals surface area contributed by atoms with E-state index in [0.717, 1.165) is 78.2 Å². The van der Waals surface area contributed by atoms with Crippen molar-refractivity contribution < 1.29 is 0 Å². The summed E-state index contributed by atoms with van der Waals surface area (Å²) in [6.07, 6.45) is 7.05. The highest BCUT2D eigenvalue weighted by atomic mass is 15.3. The Morgan fingerprint density at radius 1 is 1.13 bits per heavy atom. The van der Waals surface area contributed by atoms with Crippen molar-refractivity contribution in [1.29, 1.82) is 0 Å². The second-order valence-corrected chi connectivity index (χ2v) is 8.24. The number of allylic oxidation sites excluding steroid dienone is 2. The molecule has 0 aromatic carbocycles. The number of aliphatic imine (C=N–C) groups is 1. The van der Waals surface area contributed by atoms with E-state index in [9.17, 15) is 0 Å². The van der Waals surface area contributed by atoms with Crippen LogP contribution in [0.1, 0.15) is 47.8 Å². The lowest BCUT2D eigenvalue weighted by atomic mass is 9.99. The fourth-order valence-corrected chi connectivity index (χ4v) is 4.25. The number of anilines is 2. The van der Waals surface area contributed by atoms with E-state index in [2.05, 4.69) is 34.7 Å². The maximum Gasteiger partial charge on any atom is 0.227 e. The normalized spacial score (nSPS) is 17.5. The zero-order chi connectivity index (χ0) is 21.3. The Morgan fingerprint density at radius 2 is 1.90 bits per heavy atom. The molecule has 0 atom stereocenters. The molecule has 0 bridgehead atoms. The number of fused-ring (bicyclic) bond motifs is 1. The molecule has 30 heavy (non-hydrogen) atoms. The third kappa shape index (κ3) is 3.88. The number of hydrogen-bond donors (Lipinski definition) is 1. The van der Waals surface area contributed by atoms with E-state index in [1.54, 1.807) is 13.3 Å². The SMILES string of the molecule is CN=C/C(=C(/C)N)c1cnc2c(c1)CN(c1nc(N3CCCC3)nc(C)c1C)CC2. The minimum absolute atomic E-state index is 0.743. The molecule has 2 aliphatic heterocycles. The summed E-state index contributed by atoms with van der Waals surface area (Å²) in [6, 6.07) is 2.20. The van der Waals surface area contributed by atoms with Crippen LogP contribution in [0.25, 0.3) is 5.57 Å². The maximum atomic E-state index is 6.09. The topological polar surface area (TPSA) is 83.5 Å². The van der Waals surface area contributed by atoms with Crippen molar-refractivity contribution >= 4 is 23.6 Å². The van der Waals surface area contributed by atoms with Gasteiger partial charge in [-0.05, 0) is 45.2 Å². The summed E-state index contributed by atoms with van der Waals surface area (Å²) in [5, 5.41) is 0. The number of rotatable bonds is 4. The molecule has 158 valence electrons. The molecule has 2 N–H and O–H groups in total. The minimum Gasteiger partial charge on any atom is -0.402 e. The fraction of sp³-hybridized carbons (Fsp3) is 0.478. The van der Waals surface area contributed by atoms with Crippen LogP contribution >= 0.6 is 0 Å². The largest absolute Gasteiger partial charge is 0.402 e. The van der Waals surface area contributed by atoms with Crippen LogP contribution in [0.5, 0.6) is 0 Å². The average Bonchev–Trinajstić information content (AvgIpc) is 3.28. The molecule has 0 spiro atoms. The maximum absolute atomic E-state index is 6.09. The molecule has 0 radical (unpaired) electrons. The van der Waals surface area contributed by atoms with Gasteiger partial charge in [0.2, 0.25) is 5.95 Å². The van der Waals surface area contributed by atoms with Crippen LogP contribution in [0.2, 0.25) is 0 Å². The Kier molecular flexibility index (Phi) is 5.70. The van der Waals surface area contributed by atoms with E-state index in [-0.39, 0.29) is 0 Å². The van der Waals surface area contributed by atoms with Crippen LogP contribution < -0.4 is 15.5 Å². The Labute approximate surface area is 178 Å². The monoisotopic (exact) mass is 405 g/mol. The predicted octanol–water partition coefficient (Wildman–Crippen LogP) is 3.04. The molecular weight excluding hydrogens is 374 g/mol. The van der Waals surface area contributed by atoms with Gasteiger partial charge in [0.15, 0.2) is 0 Å². The van der Waals surface area contributed by atoms with Gasteiger partial charge in [-0.3, -0.25) is 9.98 Å². The van der Waals surface area contributed by atoms with Crippen molar-refractivity contribution in [2.45, 2.75) is 46.6 Å². The number of nitrogens with zero attached hydrogens (tertiary/aromatic N) is 6. The van der Waals surface area contributed by atoms with Crippen molar-refractivity contribution in [2.24, 2.45) is 10.7 Å². The van der Waals surface area contributed by atoms with E-state index in [4.69, 9.17) is 20.7 Å². The Morgan fingerprint density at radius 3 is 2.60 bits per heavy atom. The third-order valence-electron chi connectivity index (χ3n) is 6.07. The zero-order valence-electron chi connectivity index (χ0n) is 18.4. The number of hydrogen-bond acceptors (Lipinski definition) is 7. The van der Waals surface area contributed by atoms with Gasteiger partial charge in [-0.1, -0.05) is 0 Å². The van der Waals surface area contributed by atoms with E-state index >= 15 is 0 Å². The highest BCUT2D eigenvalue weighted by Gasteiger charge is 2.24. The fourth-order valence-electron chi connectivity index (χ4n) is 4.25. The molecule has 4 rings (SSSR count). The van der Waals surface area contributed by atoms with Crippen molar-refractivity contribution in [3.8, 4) is 0 Å². The number of aryl methyl sites for hydroxylation is 1. The first-order valence-corrected chi connectivity index (χ1v) is 10.7. The van der Waals surface area contributed by atoms with Gasteiger partial charge in [-0.2, -0.15) is 4.98 Å². The average molecular weight is 406 g/mol. The molecule has 2 aromatic heterocycles. The Balaban J connectivity index is 1.67. The van der Waals surface area contributed by atoms with Gasteiger partial charge in [0, 0.05) is 85.8 Å². The Hall–Kier alpha value is -2.96.